The zero-order valence-corrected chi connectivity index (χ0v) is 16.1. The Morgan fingerprint density at radius 3 is 2.39 bits per heavy atom. The summed E-state index contributed by atoms with van der Waals surface area (Å²) in [4.78, 5) is 28.5. The number of amides is 2. The second kappa shape index (κ2) is 9.52. The number of hydrazine groups is 1. The Labute approximate surface area is 168 Å². The van der Waals surface area contributed by atoms with E-state index in [1.165, 1.54) is 11.8 Å². The fourth-order valence-electron chi connectivity index (χ4n) is 3.06. The number of nitrogens with zero attached hydrogens (tertiary/aromatic N) is 2. The zero-order chi connectivity index (χ0) is 19.9. The highest BCUT2D eigenvalue weighted by atomic mass is 35.5. The molecule has 1 saturated heterocycles. The fourth-order valence-corrected chi connectivity index (χ4v) is 3.31. The third-order valence-corrected chi connectivity index (χ3v) is 4.95. The zero-order valence-electron chi connectivity index (χ0n) is 15.3. The molecule has 1 aliphatic rings. The van der Waals surface area contributed by atoms with Gasteiger partial charge in [-0.2, -0.15) is 0 Å². The van der Waals surface area contributed by atoms with Crippen molar-refractivity contribution in [2.45, 2.75) is 6.42 Å². The first-order chi connectivity index (χ1) is 13.5. The van der Waals surface area contributed by atoms with Gasteiger partial charge in [0.2, 0.25) is 5.91 Å². The molecule has 0 saturated carbocycles. The lowest BCUT2D eigenvalue weighted by Crippen LogP contribution is -2.48. The largest absolute Gasteiger partial charge is 0.369 e. The van der Waals surface area contributed by atoms with Crippen LogP contribution in [0, 0.1) is 5.82 Å². The van der Waals surface area contributed by atoms with Crippen LogP contribution in [0.25, 0.3) is 0 Å². The van der Waals surface area contributed by atoms with Crippen LogP contribution in [0.5, 0.6) is 0 Å². The van der Waals surface area contributed by atoms with Crippen LogP contribution in [0.1, 0.15) is 16.8 Å². The summed E-state index contributed by atoms with van der Waals surface area (Å²) in [6, 6.07) is 13.7. The summed E-state index contributed by atoms with van der Waals surface area (Å²) >= 11 is 5.83. The first-order valence-corrected chi connectivity index (χ1v) is 9.47. The Hall–Kier alpha value is -2.64. The number of carbonyl (C=O) groups is 2. The fraction of sp³-hybridized carbons (Fsp3) is 0.300. The molecule has 28 heavy (non-hydrogen) atoms. The Bertz CT molecular complexity index is 826. The summed E-state index contributed by atoms with van der Waals surface area (Å²) in [6.45, 7) is 4.18. The Morgan fingerprint density at radius 1 is 1.00 bits per heavy atom. The number of piperazine rings is 1. The number of para-hydroxylation sites is 1. The van der Waals surface area contributed by atoms with Gasteiger partial charge in [0.05, 0.1) is 10.6 Å². The number of carbonyl (C=O) groups excluding carboxylic acids is 2. The minimum absolute atomic E-state index is 0.0111. The number of rotatable bonds is 5. The molecule has 1 heterocycles. The van der Waals surface area contributed by atoms with E-state index in [-0.39, 0.29) is 22.9 Å². The van der Waals surface area contributed by atoms with Crippen LogP contribution in [0.4, 0.5) is 10.1 Å². The first-order valence-electron chi connectivity index (χ1n) is 9.09. The van der Waals surface area contributed by atoms with Gasteiger partial charge in [-0.05, 0) is 30.3 Å². The van der Waals surface area contributed by atoms with Crippen molar-refractivity contribution >= 4 is 29.1 Å². The van der Waals surface area contributed by atoms with Crippen LogP contribution in [0.3, 0.4) is 0 Å². The molecule has 0 unspecified atom stereocenters. The van der Waals surface area contributed by atoms with Gasteiger partial charge in [0.25, 0.3) is 5.91 Å². The summed E-state index contributed by atoms with van der Waals surface area (Å²) < 4.78 is 13.0. The second-order valence-corrected chi connectivity index (χ2v) is 6.95. The Kier molecular flexibility index (Phi) is 6.84. The van der Waals surface area contributed by atoms with Crippen LogP contribution in [-0.4, -0.2) is 49.4 Å². The molecule has 0 atom stereocenters. The molecule has 0 radical (unpaired) electrons. The highest BCUT2D eigenvalue weighted by Gasteiger charge is 2.18. The van der Waals surface area contributed by atoms with Crippen molar-refractivity contribution in [2.75, 3.05) is 37.6 Å². The summed E-state index contributed by atoms with van der Waals surface area (Å²) in [5, 5.41) is -0.0111. The van der Waals surface area contributed by atoms with Gasteiger partial charge in [0.1, 0.15) is 5.82 Å². The van der Waals surface area contributed by atoms with E-state index in [4.69, 9.17) is 11.6 Å². The van der Waals surface area contributed by atoms with Crippen LogP contribution in [-0.2, 0) is 4.79 Å². The number of hydrogen-bond donors (Lipinski definition) is 2. The number of benzene rings is 2. The molecule has 0 aromatic heterocycles. The molecule has 3 rings (SSSR count). The number of hydrogen-bond acceptors (Lipinski definition) is 4. The lowest BCUT2D eigenvalue weighted by atomic mass is 10.2. The molecule has 2 aromatic carbocycles. The molecule has 0 aliphatic carbocycles. The molecule has 0 bridgehead atoms. The maximum Gasteiger partial charge on any atom is 0.271 e. The minimum atomic E-state index is -0.588. The van der Waals surface area contributed by atoms with Gasteiger partial charge in [0.15, 0.2) is 0 Å². The van der Waals surface area contributed by atoms with E-state index in [1.807, 2.05) is 18.2 Å². The predicted octanol–water partition coefficient (Wildman–Crippen LogP) is 2.45. The van der Waals surface area contributed by atoms with Crippen molar-refractivity contribution in [3.05, 3.63) is 64.9 Å². The second-order valence-electron chi connectivity index (χ2n) is 6.54. The average molecular weight is 405 g/mol. The summed E-state index contributed by atoms with van der Waals surface area (Å²) in [5.74, 6) is -1.41. The van der Waals surface area contributed by atoms with Gasteiger partial charge >= 0.3 is 0 Å². The number of halogens is 2. The Morgan fingerprint density at radius 2 is 1.71 bits per heavy atom. The predicted molar refractivity (Wildman–Crippen MR) is 107 cm³/mol. The van der Waals surface area contributed by atoms with Gasteiger partial charge in [-0.1, -0.05) is 29.8 Å². The molecular formula is C20H22ClFN4O2. The summed E-state index contributed by atoms with van der Waals surface area (Å²) in [6.07, 6.45) is 0.267. The smallest absolute Gasteiger partial charge is 0.271 e. The van der Waals surface area contributed by atoms with Crippen molar-refractivity contribution in [1.29, 1.82) is 0 Å². The lowest BCUT2D eigenvalue weighted by molar-refractivity contribution is -0.122. The van der Waals surface area contributed by atoms with E-state index in [0.29, 0.717) is 6.54 Å². The average Bonchev–Trinajstić information content (AvgIpc) is 2.71. The van der Waals surface area contributed by atoms with Crippen molar-refractivity contribution in [2.24, 2.45) is 0 Å². The van der Waals surface area contributed by atoms with E-state index >= 15 is 0 Å². The van der Waals surface area contributed by atoms with E-state index in [2.05, 4.69) is 32.8 Å². The molecule has 148 valence electrons. The number of nitrogens with one attached hydrogen (secondary N) is 2. The SMILES string of the molecule is O=C(CCN1CCN(c2ccccc2)CC1)NNC(=O)c1ccc(F)cc1Cl. The van der Waals surface area contributed by atoms with Gasteiger partial charge in [0, 0.05) is 44.8 Å². The monoisotopic (exact) mass is 404 g/mol. The third kappa shape index (κ3) is 5.43. The number of anilines is 1. The molecule has 2 amide bonds. The first kappa shape index (κ1) is 20.1. The van der Waals surface area contributed by atoms with Crippen LogP contribution in [0.15, 0.2) is 48.5 Å². The lowest BCUT2D eigenvalue weighted by Gasteiger charge is -2.36. The maximum atomic E-state index is 13.0. The van der Waals surface area contributed by atoms with Gasteiger partial charge in [-0.15, -0.1) is 0 Å². The maximum absolute atomic E-state index is 13.0. The summed E-state index contributed by atoms with van der Waals surface area (Å²) in [5.41, 5.74) is 5.98. The topological polar surface area (TPSA) is 64.7 Å². The van der Waals surface area contributed by atoms with E-state index in [0.717, 1.165) is 38.3 Å². The highest BCUT2D eigenvalue weighted by molar-refractivity contribution is 6.33. The van der Waals surface area contributed by atoms with E-state index in [9.17, 15) is 14.0 Å². The molecule has 2 aromatic rings. The van der Waals surface area contributed by atoms with Crippen molar-refractivity contribution in [3.8, 4) is 0 Å². The van der Waals surface area contributed by atoms with Crippen LogP contribution in [0.2, 0.25) is 5.02 Å². The Balaban J connectivity index is 1.37. The molecule has 0 spiro atoms. The van der Waals surface area contributed by atoms with Crippen molar-refractivity contribution in [3.63, 3.8) is 0 Å². The molecular weight excluding hydrogens is 383 g/mol. The van der Waals surface area contributed by atoms with Crippen molar-refractivity contribution in [1.82, 2.24) is 15.8 Å². The summed E-state index contributed by atoms with van der Waals surface area (Å²) in [7, 11) is 0. The molecule has 1 fully saturated rings. The van der Waals surface area contributed by atoms with E-state index < -0.39 is 11.7 Å². The van der Waals surface area contributed by atoms with Crippen LogP contribution >= 0.6 is 11.6 Å². The molecule has 2 N–H and O–H groups in total. The molecule has 8 heteroatoms. The minimum Gasteiger partial charge on any atom is -0.369 e. The molecule has 6 nitrogen and oxygen atoms in total. The standard InChI is InChI=1S/C20H22ClFN4O2/c21-18-14-15(22)6-7-17(18)20(28)24-23-19(27)8-9-25-10-12-26(13-11-25)16-4-2-1-3-5-16/h1-7,14H,8-13H2,(H,23,27)(H,24,28). The van der Waals surface area contributed by atoms with Gasteiger partial charge < -0.3 is 4.90 Å². The van der Waals surface area contributed by atoms with E-state index in [1.54, 1.807) is 0 Å². The third-order valence-electron chi connectivity index (χ3n) is 4.64. The quantitative estimate of drug-likeness (QED) is 0.751. The van der Waals surface area contributed by atoms with Crippen LogP contribution < -0.4 is 15.8 Å². The van der Waals surface area contributed by atoms with Gasteiger partial charge in [-0.25, -0.2) is 4.39 Å². The highest BCUT2D eigenvalue weighted by Crippen LogP contribution is 2.17. The molecule has 1 aliphatic heterocycles. The normalized spacial score (nSPS) is 14.6. The van der Waals surface area contributed by atoms with Crippen molar-refractivity contribution < 1.29 is 14.0 Å². The van der Waals surface area contributed by atoms with Gasteiger partial charge in [-0.3, -0.25) is 25.3 Å².